The van der Waals surface area contributed by atoms with E-state index in [9.17, 15) is 22.8 Å². The van der Waals surface area contributed by atoms with Gasteiger partial charge in [-0.3, -0.25) is 10.1 Å². The van der Waals surface area contributed by atoms with E-state index in [0.29, 0.717) is 12.1 Å². The number of methoxy groups -OCH3 is 1. The van der Waals surface area contributed by atoms with Gasteiger partial charge in [-0.05, 0) is 18.2 Å². The zero-order valence-electron chi connectivity index (χ0n) is 12.6. The molecule has 1 aromatic carbocycles. The Balaban J connectivity index is 3.33. The van der Waals surface area contributed by atoms with Crippen molar-refractivity contribution in [1.82, 2.24) is 4.90 Å². The van der Waals surface area contributed by atoms with Gasteiger partial charge >= 0.3 is 12.3 Å². The van der Waals surface area contributed by atoms with Crippen LogP contribution in [0.3, 0.4) is 0 Å². The first-order valence-electron chi connectivity index (χ1n) is 6.46. The van der Waals surface area contributed by atoms with Crippen molar-refractivity contribution in [3.05, 3.63) is 29.3 Å². The molecule has 0 saturated heterocycles. The van der Waals surface area contributed by atoms with Crippen LogP contribution in [0, 0.1) is 24.7 Å². The molecule has 1 N–H and O–H groups in total. The van der Waals surface area contributed by atoms with Gasteiger partial charge in [0, 0.05) is 11.3 Å². The summed E-state index contributed by atoms with van der Waals surface area (Å²) in [5, 5.41) is 2.09. The third kappa shape index (κ3) is 4.96. The Kier molecular flexibility index (Phi) is 6.25. The Bertz CT molecular complexity index is 699. The highest BCUT2D eigenvalue weighted by Gasteiger charge is 2.32. The highest BCUT2D eigenvalue weighted by Crippen LogP contribution is 2.32. The van der Waals surface area contributed by atoms with E-state index in [2.05, 4.69) is 21.9 Å². The number of nitrogens with one attached hydrogen (secondary N) is 1. The number of terminal acetylenes is 2. The van der Waals surface area contributed by atoms with Crippen LogP contribution in [0.25, 0.3) is 0 Å². The van der Waals surface area contributed by atoms with E-state index in [1.54, 1.807) is 0 Å². The van der Waals surface area contributed by atoms with Crippen LogP contribution >= 0.6 is 0 Å². The molecule has 0 radical (unpaired) electrons. The van der Waals surface area contributed by atoms with Gasteiger partial charge in [0.15, 0.2) is 0 Å². The minimum absolute atomic E-state index is 0.168. The van der Waals surface area contributed by atoms with Gasteiger partial charge in [-0.15, -0.1) is 12.8 Å². The van der Waals surface area contributed by atoms with Gasteiger partial charge in [0.1, 0.15) is 0 Å². The zero-order valence-corrected chi connectivity index (χ0v) is 12.6. The average Bonchev–Trinajstić information content (AvgIpc) is 2.52. The molecule has 1 rings (SSSR count). The quantitative estimate of drug-likeness (QED) is 0.859. The van der Waals surface area contributed by atoms with Crippen molar-refractivity contribution in [2.75, 3.05) is 25.5 Å². The number of hydrogen-bond acceptors (Lipinski definition) is 3. The number of anilines is 1. The Morgan fingerprint density at radius 3 is 2.25 bits per heavy atom. The van der Waals surface area contributed by atoms with E-state index in [-0.39, 0.29) is 24.3 Å². The number of amides is 2. The van der Waals surface area contributed by atoms with Crippen LogP contribution in [-0.4, -0.2) is 37.1 Å². The molecule has 24 heavy (non-hydrogen) atoms. The summed E-state index contributed by atoms with van der Waals surface area (Å²) in [7, 11) is 1.05. The predicted octanol–water partition coefficient (Wildman–Crippen LogP) is 2.59. The van der Waals surface area contributed by atoms with Crippen LogP contribution in [-0.2, 0) is 10.9 Å². The standard InChI is InChI=1S/C16H13F3N2O3/c1-4-6-21(7-5-2)14(22)11-8-12(16(17,18)19)10-13(9-11)20-15(23)24-3/h1-2,8-10H,6-7H2,3H3,(H,20,23). The van der Waals surface area contributed by atoms with Crippen molar-refractivity contribution in [2.24, 2.45) is 0 Å². The molecule has 0 spiro atoms. The summed E-state index contributed by atoms with van der Waals surface area (Å²) in [6.07, 6.45) is 4.55. The summed E-state index contributed by atoms with van der Waals surface area (Å²) < 4.78 is 43.3. The molecule has 0 aliphatic carbocycles. The molecule has 1 aromatic rings. The molecule has 126 valence electrons. The second kappa shape index (κ2) is 7.93. The molecular weight excluding hydrogens is 325 g/mol. The van der Waals surface area contributed by atoms with Gasteiger partial charge in [-0.1, -0.05) is 11.8 Å². The van der Waals surface area contributed by atoms with Crippen molar-refractivity contribution >= 4 is 17.7 Å². The summed E-state index contributed by atoms with van der Waals surface area (Å²) in [6, 6.07) is 2.42. The van der Waals surface area contributed by atoms with Crippen molar-refractivity contribution in [3.63, 3.8) is 0 Å². The van der Waals surface area contributed by atoms with Crippen molar-refractivity contribution in [2.45, 2.75) is 6.18 Å². The van der Waals surface area contributed by atoms with Crippen LogP contribution in [0.1, 0.15) is 15.9 Å². The molecule has 8 heteroatoms. The van der Waals surface area contributed by atoms with E-state index in [0.717, 1.165) is 18.1 Å². The monoisotopic (exact) mass is 338 g/mol. The maximum Gasteiger partial charge on any atom is 0.416 e. The molecule has 2 amide bonds. The molecule has 0 atom stereocenters. The normalized spacial score (nSPS) is 10.2. The fraction of sp³-hybridized carbons (Fsp3) is 0.250. The van der Waals surface area contributed by atoms with E-state index in [1.807, 2.05) is 0 Å². The number of halogens is 3. The first-order chi connectivity index (χ1) is 11.2. The molecule has 0 aliphatic heterocycles. The third-order valence-electron chi connectivity index (χ3n) is 2.79. The van der Waals surface area contributed by atoms with Gasteiger partial charge in [0.25, 0.3) is 5.91 Å². The number of carbonyl (C=O) groups excluding carboxylic acids is 2. The van der Waals surface area contributed by atoms with Gasteiger partial charge in [0.05, 0.1) is 25.8 Å². The van der Waals surface area contributed by atoms with Crippen LogP contribution in [0.5, 0.6) is 0 Å². The third-order valence-corrected chi connectivity index (χ3v) is 2.79. The molecule has 5 nitrogen and oxygen atoms in total. The molecule has 0 bridgehead atoms. The number of carbonyl (C=O) groups is 2. The summed E-state index contributed by atoms with van der Waals surface area (Å²) >= 11 is 0. The lowest BCUT2D eigenvalue weighted by atomic mass is 10.1. The highest BCUT2D eigenvalue weighted by atomic mass is 19.4. The second-order valence-corrected chi connectivity index (χ2v) is 4.48. The summed E-state index contributed by atoms with van der Waals surface area (Å²) in [4.78, 5) is 24.6. The Morgan fingerprint density at radius 2 is 1.79 bits per heavy atom. The molecule has 0 unspecified atom stereocenters. The van der Waals surface area contributed by atoms with E-state index in [1.165, 1.54) is 0 Å². The van der Waals surface area contributed by atoms with Crippen LogP contribution in [0.15, 0.2) is 18.2 Å². The van der Waals surface area contributed by atoms with Crippen LogP contribution in [0.2, 0.25) is 0 Å². The molecule has 0 heterocycles. The number of nitrogens with zero attached hydrogens (tertiary/aromatic N) is 1. The van der Waals surface area contributed by atoms with Crippen molar-refractivity contribution < 1.29 is 27.5 Å². The van der Waals surface area contributed by atoms with Crippen LogP contribution < -0.4 is 5.32 Å². The number of rotatable bonds is 4. The lowest BCUT2D eigenvalue weighted by molar-refractivity contribution is -0.137. The van der Waals surface area contributed by atoms with Gasteiger partial charge in [-0.25, -0.2) is 4.79 Å². The maximum atomic E-state index is 13.0. The lowest BCUT2D eigenvalue weighted by Gasteiger charge is -2.19. The maximum absolute atomic E-state index is 13.0. The van der Waals surface area contributed by atoms with E-state index in [4.69, 9.17) is 12.8 Å². The minimum Gasteiger partial charge on any atom is -0.453 e. The number of hydrogen-bond donors (Lipinski definition) is 1. The van der Waals surface area contributed by atoms with Crippen LogP contribution in [0.4, 0.5) is 23.7 Å². The molecule has 0 saturated carbocycles. The summed E-state index contributed by atoms with van der Waals surface area (Å²) in [6.45, 7) is -0.335. The first kappa shape index (κ1) is 18.9. The van der Waals surface area contributed by atoms with Gasteiger partial charge < -0.3 is 9.64 Å². The molecular formula is C16H13F3N2O3. The second-order valence-electron chi connectivity index (χ2n) is 4.48. The Labute approximate surface area is 136 Å². The number of ether oxygens (including phenoxy) is 1. The molecule has 0 aliphatic rings. The predicted molar refractivity (Wildman–Crippen MR) is 81.0 cm³/mol. The van der Waals surface area contributed by atoms with E-state index < -0.39 is 23.7 Å². The van der Waals surface area contributed by atoms with Crippen molar-refractivity contribution in [1.29, 1.82) is 0 Å². The topological polar surface area (TPSA) is 58.6 Å². The fourth-order valence-electron chi connectivity index (χ4n) is 1.76. The minimum atomic E-state index is -4.72. The largest absolute Gasteiger partial charge is 0.453 e. The van der Waals surface area contributed by atoms with E-state index >= 15 is 0 Å². The fourth-order valence-corrected chi connectivity index (χ4v) is 1.76. The Hall–Kier alpha value is -3.13. The highest BCUT2D eigenvalue weighted by molar-refractivity contribution is 5.97. The summed E-state index contributed by atoms with van der Waals surface area (Å²) in [5.41, 5.74) is -1.68. The smallest absolute Gasteiger partial charge is 0.416 e. The molecule has 0 fully saturated rings. The lowest BCUT2D eigenvalue weighted by Crippen LogP contribution is -2.32. The summed E-state index contributed by atoms with van der Waals surface area (Å²) in [5.74, 6) is 3.62. The SMILES string of the molecule is C#CCN(CC#C)C(=O)c1cc(NC(=O)OC)cc(C(F)(F)F)c1. The van der Waals surface area contributed by atoms with Gasteiger partial charge in [-0.2, -0.15) is 13.2 Å². The zero-order chi connectivity index (χ0) is 18.3. The number of benzene rings is 1. The average molecular weight is 338 g/mol. The van der Waals surface area contributed by atoms with Gasteiger partial charge in [0.2, 0.25) is 0 Å². The number of alkyl halides is 3. The first-order valence-corrected chi connectivity index (χ1v) is 6.46. The van der Waals surface area contributed by atoms with Crippen molar-refractivity contribution in [3.8, 4) is 24.7 Å². The molecule has 0 aromatic heterocycles. The Morgan fingerprint density at radius 1 is 1.21 bits per heavy atom.